The van der Waals surface area contributed by atoms with E-state index in [1.807, 2.05) is 36.4 Å². The van der Waals surface area contributed by atoms with E-state index in [2.05, 4.69) is 35.7 Å². The summed E-state index contributed by atoms with van der Waals surface area (Å²) in [6.45, 7) is 4.42. The highest BCUT2D eigenvalue weighted by Gasteiger charge is 2.47. The van der Waals surface area contributed by atoms with Crippen molar-refractivity contribution >= 4 is 16.1 Å². The number of sulfonamides is 1. The molecule has 1 aliphatic heterocycles. The summed E-state index contributed by atoms with van der Waals surface area (Å²) in [5.41, 5.74) is 3.23. The Hall–Kier alpha value is -2.49. The number of aromatic nitrogens is 1. The molecule has 5 atom stereocenters. The van der Waals surface area contributed by atoms with Crippen LogP contribution >= 0.6 is 0 Å². The van der Waals surface area contributed by atoms with E-state index in [9.17, 15) is 13.7 Å². The van der Waals surface area contributed by atoms with Crippen LogP contribution in [-0.2, 0) is 10.0 Å². The van der Waals surface area contributed by atoms with E-state index in [1.54, 1.807) is 12.3 Å². The number of hydrogen-bond donors (Lipinski definition) is 1. The number of rotatable bonds is 3. The number of nitriles is 1. The average molecular weight is 408 g/mol. The number of hydrogen-bond acceptors (Lipinski definition) is 4. The molecular weight excluding hydrogens is 382 g/mol. The van der Waals surface area contributed by atoms with Crippen molar-refractivity contribution in [2.45, 2.75) is 26.3 Å². The lowest BCUT2D eigenvalue weighted by molar-refractivity contribution is 0.143. The van der Waals surface area contributed by atoms with Crippen LogP contribution in [0.2, 0.25) is 0 Å². The van der Waals surface area contributed by atoms with Crippen LogP contribution in [0.15, 0.2) is 48.7 Å². The minimum Gasteiger partial charge on any atom is -0.256 e. The largest absolute Gasteiger partial charge is 0.256 e. The van der Waals surface area contributed by atoms with Gasteiger partial charge in [-0.15, -0.1) is 0 Å². The van der Waals surface area contributed by atoms with Gasteiger partial charge in [0.2, 0.25) is 10.0 Å². The molecule has 0 bridgehead atoms. The molecule has 4 rings (SSSR count). The van der Waals surface area contributed by atoms with Crippen LogP contribution in [0.5, 0.6) is 0 Å². The molecule has 2 heterocycles. The number of nitrogens with zero attached hydrogens (tertiary/aromatic N) is 2. The third-order valence-corrected chi connectivity index (χ3v) is 7.98. The van der Waals surface area contributed by atoms with E-state index >= 15 is 0 Å². The first-order chi connectivity index (χ1) is 13.9. The van der Waals surface area contributed by atoms with E-state index in [0.717, 1.165) is 23.2 Å². The minimum absolute atomic E-state index is 0.0239. The van der Waals surface area contributed by atoms with Crippen LogP contribution in [-0.4, -0.2) is 25.2 Å². The zero-order valence-corrected chi connectivity index (χ0v) is 17.4. The average Bonchev–Trinajstić information content (AvgIpc) is 3.02. The molecule has 1 saturated carbocycles. The van der Waals surface area contributed by atoms with Crippen molar-refractivity contribution in [3.63, 3.8) is 0 Å². The maximum absolute atomic E-state index is 12.1. The molecule has 150 valence electrons. The van der Waals surface area contributed by atoms with Crippen molar-refractivity contribution in [2.24, 2.45) is 23.7 Å². The Morgan fingerprint density at radius 1 is 1.21 bits per heavy atom. The smallest absolute Gasteiger partial charge is 0.212 e. The van der Waals surface area contributed by atoms with Gasteiger partial charge in [-0.25, -0.2) is 13.1 Å². The first-order valence-corrected chi connectivity index (χ1v) is 11.7. The summed E-state index contributed by atoms with van der Waals surface area (Å²) in [5, 5.41) is 9.29. The highest BCUT2D eigenvalue weighted by atomic mass is 32.2. The van der Waals surface area contributed by atoms with Gasteiger partial charge in [-0.1, -0.05) is 44.2 Å². The van der Waals surface area contributed by atoms with Gasteiger partial charge >= 0.3 is 0 Å². The molecular formula is C23H25N3O2S. The molecule has 1 aromatic carbocycles. The molecule has 2 aliphatic rings. The lowest BCUT2D eigenvalue weighted by atomic mass is 9.67. The summed E-state index contributed by atoms with van der Waals surface area (Å²) in [5.74, 6) is 1.46. The number of nitrogens with one attached hydrogen (secondary N) is 1. The molecule has 0 unspecified atom stereocenters. The fourth-order valence-electron chi connectivity index (χ4n) is 4.74. The van der Waals surface area contributed by atoms with Gasteiger partial charge in [-0.3, -0.25) is 4.98 Å². The molecule has 2 aromatic rings. The second kappa shape index (κ2) is 7.74. The molecule has 0 amide bonds. The fraction of sp³-hybridized carbons (Fsp3) is 0.391. The van der Waals surface area contributed by atoms with Gasteiger partial charge in [0, 0.05) is 23.4 Å². The Balaban J connectivity index is 1.56. The summed E-state index contributed by atoms with van der Waals surface area (Å²) < 4.78 is 27.1. The number of benzene rings is 1. The quantitative estimate of drug-likeness (QED) is 0.838. The molecule has 0 radical (unpaired) electrons. The van der Waals surface area contributed by atoms with E-state index < -0.39 is 10.0 Å². The van der Waals surface area contributed by atoms with E-state index in [1.165, 1.54) is 0 Å². The Morgan fingerprint density at radius 2 is 2.00 bits per heavy atom. The summed E-state index contributed by atoms with van der Waals surface area (Å²) in [4.78, 5) is 4.54. The second-order valence-corrected chi connectivity index (χ2v) is 10.1. The molecule has 29 heavy (non-hydrogen) atoms. The minimum atomic E-state index is -3.16. The summed E-state index contributed by atoms with van der Waals surface area (Å²) in [7, 11) is -3.16. The van der Waals surface area contributed by atoms with Crippen LogP contribution in [0.1, 0.15) is 31.5 Å². The topological polar surface area (TPSA) is 82.8 Å². The molecule has 5 nitrogen and oxygen atoms in total. The third-order valence-electron chi connectivity index (χ3n) is 6.48. The van der Waals surface area contributed by atoms with Crippen LogP contribution in [0, 0.1) is 35.0 Å². The lowest BCUT2D eigenvalue weighted by Crippen LogP contribution is -2.44. The summed E-state index contributed by atoms with van der Waals surface area (Å²) in [6, 6.07) is 13.6. The second-order valence-electron chi connectivity index (χ2n) is 8.32. The zero-order valence-electron chi connectivity index (χ0n) is 16.6. The van der Waals surface area contributed by atoms with E-state index in [-0.39, 0.29) is 23.6 Å². The van der Waals surface area contributed by atoms with E-state index in [0.29, 0.717) is 17.4 Å². The maximum Gasteiger partial charge on any atom is 0.212 e. The third kappa shape index (κ3) is 3.98. The van der Waals surface area contributed by atoms with Crippen LogP contribution in [0.4, 0.5) is 0 Å². The first kappa shape index (κ1) is 19.8. The summed E-state index contributed by atoms with van der Waals surface area (Å²) >= 11 is 0. The van der Waals surface area contributed by atoms with Gasteiger partial charge < -0.3 is 0 Å². The van der Waals surface area contributed by atoms with Crippen molar-refractivity contribution in [3.8, 4) is 17.2 Å². The van der Waals surface area contributed by atoms with Crippen LogP contribution < -0.4 is 4.72 Å². The van der Waals surface area contributed by atoms with Gasteiger partial charge in [0.1, 0.15) is 0 Å². The van der Waals surface area contributed by atoms with E-state index in [4.69, 9.17) is 0 Å². The van der Waals surface area contributed by atoms with Crippen molar-refractivity contribution in [1.29, 1.82) is 5.26 Å². The van der Waals surface area contributed by atoms with Crippen LogP contribution in [0.3, 0.4) is 0 Å². The van der Waals surface area contributed by atoms with Gasteiger partial charge in [-0.2, -0.15) is 5.26 Å². The SMILES string of the molecule is C[C@H]1[C@H](C=Cc2ccc(-c3ccccc3C#N)cn2)[C@H]2NS(=O)(=O)C[C@H]2C[C@@H]1C. The van der Waals surface area contributed by atoms with Gasteiger partial charge in [-0.05, 0) is 48.3 Å². The van der Waals surface area contributed by atoms with Crippen molar-refractivity contribution in [2.75, 3.05) is 5.75 Å². The summed E-state index contributed by atoms with van der Waals surface area (Å²) in [6.07, 6.45) is 6.84. The van der Waals surface area contributed by atoms with Gasteiger partial charge in [0.05, 0.1) is 23.1 Å². The highest BCUT2D eigenvalue weighted by molar-refractivity contribution is 7.89. The van der Waals surface area contributed by atoms with Crippen molar-refractivity contribution in [1.82, 2.24) is 9.71 Å². The molecule has 1 saturated heterocycles. The van der Waals surface area contributed by atoms with Crippen molar-refractivity contribution < 1.29 is 8.42 Å². The predicted molar refractivity (Wildman–Crippen MR) is 114 cm³/mol. The fourth-order valence-corrected chi connectivity index (χ4v) is 6.51. The van der Waals surface area contributed by atoms with Gasteiger partial charge in [0.25, 0.3) is 0 Å². The molecule has 1 aliphatic carbocycles. The molecule has 1 aromatic heterocycles. The van der Waals surface area contributed by atoms with Gasteiger partial charge in [0.15, 0.2) is 0 Å². The Morgan fingerprint density at radius 3 is 2.72 bits per heavy atom. The number of fused-ring (bicyclic) bond motifs is 1. The van der Waals surface area contributed by atoms with Crippen molar-refractivity contribution in [3.05, 3.63) is 59.9 Å². The molecule has 2 fully saturated rings. The molecule has 0 spiro atoms. The predicted octanol–water partition coefficient (Wildman–Crippen LogP) is 3.84. The normalized spacial score (nSPS) is 30.7. The standard InChI is InChI=1S/C23H25N3O2S/c1-15-11-19-14-29(27,28)26-23(19)21(16(15)2)10-9-20-8-7-18(13-25-20)22-6-4-3-5-17(22)12-24/h3-10,13,15-16,19,21,23,26H,11,14H2,1-2H3/t15-,16+,19+,21-,23-/m0/s1. The monoisotopic (exact) mass is 407 g/mol. The zero-order chi connectivity index (χ0) is 20.6. The lowest BCUT2D eigenvalue weighted by Gasteiger charge is -2.40. The first-order valence-electron chi connectivity index (χ1n) is 10.0. The highest BCUT2D eigenvalue weighted by Crippen LogP contribution is 2.42. The Kier molecular flexibility index (Phi) is 5.28. The van der Waals surface area contributed by atoms with Crippen LogP contribution in [0.25, 0.3) is 17.2 Å². The Labute approximate surface area is 172 Å². The number of pyridine rings is 1. The molecule has 1 N–H and O–H groups in total. The Bertz CT molecular complexity index is 1070. The maximum atomic E-state index is 12.1. The molecule has 6 heteroatoms.